The molecule has 0 saturated heterocycles. The molecule has 0 atom stereocenters. The molecular formula is C53H51GeIrN3O-2. The first-order valence-corrected chi connectivity index (χ1v) is 27.2. The number of benzene rings is 6. The molecule has 4 nitrogen and oxygen atoms in total. The summed E-state index contributed by atoms with van der Waals surface area (Å²) in [5, 5.41) is 2.17. The number of nitrogens with zero attached hydrogens (tertiary/aromatic N) is 3. The summed E-state index contributed by atoms with van der Waals surface area (Å²) in [6, 6.07) is 51.3. The van der Waals surface area contributed by atoms with Crippen molar-refractivity contribution >= 4 is 50.6 Å². The Labute approximate surface area is 371 Å². The standard InChI is InChI=1S/C35H27N2O.C18H24GeN.Ir/c1-35(2,3)24-20-21-30(28(22-24)23-12-5-4-6-13-23)37-31-18-9-8-17-29(31)36-34(37)27-16-11-15-26-25-14-7-10-19-32(25)38-33(26)27;1-13(2)16-11-18(15-9-7-14(3)8-10-15)20-12-17(16)19(4,5)6;/h4-15,17-22H,1-3H3;7-9,11-13H,1-6H3;/q2*-1;/i;3D3,13D;. The number of aromatic nitrogens is 3. The van der Waals surface area contributed by atoms with Crippen LogP contribution in [0.1, 0.15) is 62.7 Å². The monoisotopic (exact) mass is 1020 g/mol. The summed E-state index contributed by atoms with van der Waals surface area (Å²) >= 11 is -2.14. The molecule has 6 aromatic carbocycles. The van der Waals surface area contributed by atoms with E-state index in [0.29, 0.717) is 0 Å². The summed E-state index contributed by atoms with van der Waals surface area (Å²) in [6.45, 7) is 8.43. The van der Waals surface area contributed by atoms with Gasteiger partial charge in [-0.25, -0.2) is 0 Å². The quantitative estimate of drug-likeness (QED) is 0.123. The zero-order chi connectivity index (χ0) is 44.2. The summed E-state index contributed by atoms with van der Waals surface area (Å²) in [7, 11) is 0. The molecule has 0 aliphatic heterocycles. The van der Waals surface area contributed by atoms with Gasteiger partial charge in [-0.05, 0) is 46.9 Å². The van der Waals surface area contributed by atoms with Crippen LogP contribution in [-0.2, 0) is 25.5 Å². The van der Waals surface area contributed by atoms with Crippen molar-refractivity contribution in [2.75, 3.05) is 0 Å². The number of imidazole rings is 1. The fourth-order valence-electron chi connectivity index (χ4n) is 7.54. The zero-order valence-electron chi connectivity index (χ0n) is 38.9. The molecule has 0 saturated carbocycles. The van der Waals surface area contributed by atoms with E-state index < -0.39 is 26.0 Å². The molecule has 59 heavy (non-hydrogen) atoms. The van der Waals surface area contributed by atoms with Crippen molar-refractivity contribution in [3.05, 3.63) is 168 Å². The van der Waals surface area contributed by atoms with E-state index in [1.165, 1.54) is 27.2 Å². The van der Waals surface area contributed by atoms with Gasteiger partial charge in [-0.1, -0.05) is 98.5 Å². The van der Waals surface area contributed by atoms with Crippen LogP contribution in [0.3, 0.4) is 0 Å². The first-order valence-electron chi connectivity index (χ1n) is 21.8. The van der Waals surface area contributed by atoms with Gasteiger partial charge >= 0.3 is 131 Å². The van der Waals surface area contributed by atoms with E-state index in [9.17, 15) is 0 Å². The van der Waals surface area contributed by atoms with Crippen molar-refractivity contribution < 1.29 is 30.0 Å². The van der Waals surface area contributed by atoms with Gasteiger partial charge in [0.25, 0.3) is 0 Å². The van der Waals surface area contributed by atoms with E-state index >= 15 is 0 Å². The number of fused-ring (bicyclic) bond motifs is 4. The number of hydrogen-bond donors (Lipinski definition) is 0. The molecule has 9 aromatic rings. The van der Waals surface area contributed by atoms with Crippen LogP contribution >= 0.6 is 0 Å². The Hall–Kier alpha value is -5.07. The molecular weight excluding hydrogens is 959 g/mol. The number of aryl methyl sites for hydroxylation is 1. The summed E-state index contributed by atoms with van der Waals surface area (Å²) in [6.07, 6.45) is 1.91. The maximum absolute atomic E-state index is 8.49. The van der Waals surface area contributed by atoms with Crippen molar-refractivity contribution in [3.63, 3.8) is 0 Å². The van der Waals surface area contributed by atoms with Gasteiger partial charge in [-0.15, -0.1) is 18.2 Å². The molecule has 0 N–H and O–H groups in total. The third kappa shape index (κ3) is 8.52. The maximum Gasteiger partial charge on any atom is 0 e. The van der Waals surface area contributed by atoms with Gasteiger partial charge < -0.3 is 8.98 Å². The smallest absolute Gasteiger partial charge is 0 e. The SMILES string of the molecule is CC(C)(C)c1ccc(-n2c(-c3[c-]ccc4c3oc3ccccc34)nc3ccccc32)c(-c2ccccc2)c1.[2H]C([2H])([2H])c1c[c-]c(-c2cc(C([2H])(C)C)[c]([Ge]([CH3])([CH3])[CH3])cn2)cc1.[Ir]. The van der Waals surface area contributed by atoms with Crippen LogP contribution < -0.4 is 4.40 Å². The van der Waals surface area contributed by atoms with Gasteiger partial charge in [0.2, 0.25) is 0 Å². The summed E-state index contributed by atoms with van der Waals surface area (Å²) in [5.74, 6) is 7.00. The minimum Gasteiger partial charge on any atom is 0 e. The van der Waals surface area contributed by atoms with Crippen molar-refractivity contribution in [1.29, 1.82) is 0 Å². The predicted octanol–water partition coefficient (Wildman–Crippen LogP) is 13.9. The molecule has 6 heteroatoms. The topological polar surface area (TPSA) is 43.9 Å². The molecule has 299 valence electrons. The Morgan fingerprint density at radius 3 is 2.27 bits per heavy atom. The molecule has 0 spiro atoms. The molecule has 0 fully saturated rings. The van der Waals surface area contributed by atoms with Crippen LogP contribution in [0.4, 0.5) is 0 Å². The summed E-state index contributed by atoms with van der Waals surface area (Å²) < 4.78 is 40.7. The van der Waals surface area contributed by atoms with E-state index in [1.807, 2.05) is 56.4 Å². The molecule has 0 unspecified atom stereocenters. The molecule has 0 aliphatic rings. The fraction of sp³-hybridized carbons (Fsp3) is 0.208. The minimum absolute atomic E-state index is 0. The third-order valence-corrected chi connectivity index (χ3v) is 14.9. The van der Waals surface area contributed by atoms with Gasteiger partial charge in [0.1, 0.15) is 5.58 Å². The van der Waals surface area contributed by atoms with Gasteiger partial charge in [0, 0.05) is 36.7 Å². The van der Waals surface area contributed by atoms with Crippen molar-refractivity contribution in [2.45, 2.75) is 70.0 Å². The number of para-hydroxylation sites is 3. The van der Waals surface area contributed by atoms with Gasteiger partial charge in [0.15, 0.2) is 0 Å². The van der Waals surface area contributed by atoms with Crippen LogP contribution in [0.15, 0.2) is 144 Å². The maximum atomic E-state index is 8.49. The first kappa shape index (κ1) is 37.0. The second-order valence-corrected chi connectivity index (χ2v) is 27.7. The van der Waals surface area contributed by atoms with Crippen LogP contribution in [0.2, 0.25) is 17.3 Å². The number of hydrogen-bond acceptors (Lipinski definition) is 3. The largest absolute Gasteiger partial charge is 0 e. The molecule has 3 heterocycles. The number of rotatable bonds is 6. The molecule has 3 aromatic heterocycles. The van der Waals surface area contributed by atoms with Gasteiger partial charge in [-0.3, -0.25) is 4.98 Å². The molecule has 0 aliphatic carbocycles. The second-order valence-electron chi connectivity index (χ2n) is 17.2. The van der Waals surface area contributed by atoms with Crippen LogP contribution in [0, 0.1) is 19.0 Å². The van der Waals surface area contributed by atoms with E-state index in [-0.39, 0.29) is 31.1 Å². The second kappa shape index (κ2) is 16.9. The third-order valence-electron chi connectivity index (χ3n) is 10.7. The Bertz CT molecular complexity index is 3060. The molecule has 9 rings (SSSR count). The average molecular weight is 1010 g/mol. The van der Waals surface area contributed by atoms with Crippen LogP contribution in [-0.4, -0.2) is 27.8 Å². The Kier molecular flexibility index (Phi) is 10.6. The molecule has 1 radical (unpaired) electrons. The Balaban J connectivity index is 0.000000207. The average Bonchev–Trinajstić information content (AvgIpc) is 3.82. The molecule has 0 bridgehead atoms. The minimum atomic E-state index is -2.14. The summed E-state index contributed by atoms with van der Waals surface area (Å²) in [4.78, 5) is 9.73. The van der Waals surface area contributed by atoms with E-state index in [0.717, 1.165) is 66.9 Å². The number of furan rings is 1. The van der Waals surface area contributed by atoms with E-state index in [1.54, 1.807) is 12.1 Å². The van der Waals surface area contributed by atoms with Gasteiger partial charge in [-0.2, -0.15) is 0 Å². The molecule has 0 amide bonds. The van der Waals surface area contributed by atoms with E-state index in [2.05, 4.69) is 139 Å². The number of pyridine rings is 1. The van der Waals surface area contributed by atoms with E-state index in [4.69, 9.17) is 14.9 Å². The van der Waals surface area contributed by atoms with Crippen molar-refractivity contribution in [3.8, 4) is 39.5 Å². The fourth-order valence-corrected chi connectivity index (χ4v) is 10.9. The normalized spacial score (nSPS) is 13.2. The van der Waals surface area contributed by atoms with Crippen molar-refractivity contribution in [2.24, 2.45) is 0 Å². The first-order chi connectivity index (χ1) is 29.3. The predicted molar refractivity (Wildman–Crippen MR) is 247 cm³/mol. The van der Waals surface area contributed by atoms with Crippen LogP contribution in [0.25, 0.3) is 72.4 Å². The zero-order valence-corrected chi connectivity index (χ0v) is 39.4. The van der Waals surface area contributed by atoms with Gasteiger partial charge in [0.05, 0.1) is 22.4 Å². The van der Waals surface area contributed by atoms with Crippen molar-refractivity contribution in [1.82, 2.24) is 14.5 Å². The summed E-state index contributed by atoms with van der Waals surface area (Å²) in [5.41, 5.74) is 12.0. The Morgan fingerprint density at radius 1 is 0.814 bits per heavy atom. The Morgan fingerprint density at radius 2 is 1.56 bits per heavy atom. The van der Waals surface area contributed by atoms with Crippen LogP contribution in [0.5, 0.6) is 0 Å².